The molecule has 0 spiro atoms. The lowest BCUT2D eigenvalue weighted by atomic mass is 10.3. The van der Waals surface area contributed by atoms with Crippen molar-refractivity contribution in [2.75, 3.05) is 6.26 Å². The van der Waals surface area contributed by atoms with E-state index in [4.69, 9.17) is 11.6 Å². The van der Waals surface area contributed by atoms with Crippen LogP contribution in [0, 0.1) is 6.92 Å². The third-order valence-corrected chi connectivity index (χ3v) is 3.73. The van der Waals surface area contributed by atoms with E-state index in [0.29, 0.717) is 11.3 Å². The van der Waals surface area contributed by atoms with Crippen LogP contribution in [0.25, 0.3) is 5.69 Å². The van der Waals surface area contributed by atoms with Gasteiger partial charge >= 0.3 is 5.69 Å². The Bertz CT molecular complexity index is 689. The summed E-state index contributed by atoms with van der Waals surface area (Å²) >= 11 is 7.35. The number of nitrogens with one attached hydrogen (secondary N) is 1. The predicted molar refractivity (Wildman–Crippen MR) is 74.2 cm³/mol. The quantitative estimate of drug-likeness (QED) is 0.679. The lowest BCUT2D eigenvalue weighted by Gasteiger charge is -2.07. The van der Waals surface area contributed by atoms with E-state index in [2.05, 4.69) is 4.98 Å². The molecule has 2 rings (SSSR count). The molecule has 0 aliphatic carbocycles. The van der Waals surface area contributed by atoms with Gasteiger partial charge in [0.05, 0.1) is 11.3 Å². The number of nitrogens with zero attached hydrogens (tertiary/aromatic N) is 1. The standard InChI is InChI=1S/C12H11ClN2O2S/c1-7-10(13)14-12(17)15(11(7)16)8-3-5-9(18-2)6-4-8/h3-6H,1-2H3,(H,14,17). The number of aromatic amines is 1. The molecule has 1 aromatic heterocycles. The molecule has 0 radical (unpaired) electrons. The van der Waals surface area contributed by atoms with Crippen LogP contribution in [-0.2, 0) is 0 Å². The second-order valence-corrected chi connectivity index (χ2v) is 4.97. The first-order chi connectivity index (χ1) is 8.54. The Morgan fingerprint density at radius 2 is 1.83 bits per heavy atom. The summed E-state index contributed by atoms with van der Waals surface area (Å²) in [5.74, 6) is 0. The first-order valence-electron chi connectivity index (χ1n) is 5.20. The minimum Gasteiger partial charge on any atom is -0.297 e. The van der Waals surface area contributed by atoms with Gasteiger partial charge in [0.2, 0.25) is 0 Å². The molecule has 0 bridgehead atoms. The van der Waals surface area contributed by atoms with E-state index in [1.54, 1.807) is 30.8 Å². The Morgan fingerprint density at radius 1 is 1.22 bits per heavy atom. The lowest BCUT2D eigenvalue weighted by Crippen LogP contribution is -2.35. The first kappa shape index (κ1) is 13.0. The molecule has 18 heavy (non-hydrogen) atoms. The molecule has 0 amide bonds. The summed E-state index contributed by atoms with van der Waals surface area (Å²) in [5, 5.41) is 0.0852. The maximum atomic E-state index is 12.0. The predicted octanol–water partition coefficient (Wildman–Crippen LogP) is 2.21. The minimum absolute atomic E-state index is 0.0852. The third-order valence-electron chi connectivity index (χ3n) is 2.60. The Kier molecular flexibility index (Phi) is 3.63. The van der Waals surface area contributed by atoms with E-state index in [-0.39, 0.29) is 5.15 Å². The zero-order chi connectivity index (χ0) is 13.3. The Balaban J connectivity index is 2.67. The van der Waals surface area contributed by atoms with Gasteiger partial charge in [0.1, 0.15) is 5.15 Å². The molecule has 0 aliphatic rings. The van der Waals surface area contributed by atoms with Crippen molar-refractivity contribution in [2.45, 2.75) is 11.8 Å². The van der Waals surface area contributed by atoms with Gasteiger partial charge < -0.3 is 0 Å². The molecule has 2 aromatic rings. The Hall–Kier alpha value is -1.46. The van der Waals surface area contributed by atoms with E-state index in [0.717, 1.165) is 9.46 Å². The van der Waals surface area contributed by atoms with Gasteiger partial charge in [-0.3, -0.25) is 9.78 Å². The number of thioether (sulfide) groups is 1. The molecule has 4 nitrogen and oxygen atoms in total. The molecule has 6 heteroatoms. The average Bonchev–Trinajstić information content (AvgIpc) is 2.37. The number of H-pyrrole nitrogens is 1. The zero-order valence-corrected chi connectivity index (χ0v) is 11.4. The fourth-order valence-electron chi connectivity index (χ4n) is 1.56. The Labute approximate surface area is 113 Å². The molecular formula is C12H11ClN2O2S. The number of hydrogen-bond donors (Lipinski definition) is 1. The molecule has 0 aliphatic heterocycles. The largest absolute Gasteiger partial charge is 0.334 e. The van der Waals surface area contributed by atoms with E-state index in [1.165, 1.54) is 0 Å². The van der Waals surface area contributed by atoms with Crippen LogP contribution in [-0.4, -0.2) is 15.8 Å². The lowest BCUT2D eigenvalue weighted by molar-refractivity contribution is 0.859. The summed E-state index contributed by atoms with van der Waals surface area (Å²) in [6, 6.07) is 7.18. The molecule has 94 valence electrons. The van der Waals surface area contributed by atoms with Crippen LogP contribution in [0.3, 0.4) is 0 Å². The summed E-state index contributed by atoms with van der Waals surface area (Å²) in [5.41, 5.74) is -0.0859. The molecule has 0 atom stereocenters. The second kappa shape index (κ2) is 5.04. The molecular weight excluding hydrogens is 272 g/mol. The maximum Gasteiger partial charge on any atom is 0.334 e. The summed E-state index contributed by atoms with van der Waals surface area (Å²) in [6.07, 6.45) is 1.96. The van der Waals surface area contributed by atoms with Crippen molar-refractivity contribution in [3.63, 3.8) is 0 Å². The normalized spacial score (nSPS) is 10.6. The second-order valence-electron chi connectivity index (χ2n) is 3.71. The molecule has 0 fully saturated rings. The molecule has 1 aromatic carbocycles. The van der Waals surface area contributed by atoms with Gasteiger partial charge in [-0.25, -0.2) is 9.36 Å². The zero-order valence-electron chi connectivity index (χ0n) is 9.86. The summed E-state index contributed by atoms with van der Waals surface area (Å²) in [4.78, 5) is 27.3. The monoisotopic (exact) mass is 282 g/mol. The van der Waals surface area contributed by atoms with Crippen LogP contribution in [0.1, 0.15) is 5.56 Å². The van der Waals surface area contributed by atoms with Gasteiger partial charge in [-0.2, -0.15) is 0 Å². The topological polar surface area (TPSA) is 54.9 Å². The highest BCUT2D eigenvalue weighted by Gasteiger charge is 2.10. The van der Waals surface area contributed by atoms with Gasteiger partial charge in [-0.1, -0.05) is 11.6 Å². The van der Waals surface area contributed by atoms with Crippen molar-refractivity contribution in [1.82, 2.24) is 9.55 Å². The van der Waals surface area contributed by atoms with Crippen molar-refractivity contribution in [2.24, 2.45) is 0 Å². The van der Waals surface area contributed by atoms with Gasteiger partial charge in [0, 0.05) is 4.90 Å². The molecule has 0 saturated carbocycles. The molecule has 1 heterocycles. The molecule has 0 unspecified atom stereocenters. The van der Waals surface area contributed by atoms with E-state index < -0.39 is 11.2 Å². The van der Waals surface area contributed by atoms with Crippen molar-refractivity contribution < 1.29 is 0 Å². The van der Waals surface area contributed by atoms with Gasteiger partial charge in [0.15, 0.2) is 0 Å². The summed E-state index contributed by atoms with van der Waals surface area (Å²) in [6.45, 7) is 1.58. The van der Waals surface area contributed by atoms with Crippen molar-refractivity contribution in [3.05, 3.63) is 55.8 Å². The highest BCUT2D eigenvalue weighted by molar-refractivity contribution is 7.98. The van der Waals surface area contributed by atoms with Crippen LogP contribution in [0.15, 0.2) is 38.8 Å². The smallest absolute Gasteiger partial charge is 0.297 e. The van der Waals surface area contributed by atoms with Crippen molar-refractivity contribution in [1.29, 1.82) is 0 Å². The number of rotatable bonds is 2. The van der Waals surface area contributed by atoms with Crippen LogP contribution < -0.4 is 11.2 Å². The van der Waals surface area contributed by atoms with Gasteiger partial charge in [-0.15, -0.1) is 11.8 Å². The summed E-state index contributed by atoms with van der Waals surface area (Å²) < 4.78 is 1.07. The number of aromatic nitrogens is 2. The Morgan fingerprint density at radius 3 is 2.39 bits per heavy atom. The van der Waals surface area contributed by atoms with E-state index in [1.807, 2.05) is 18.4 Å². The van der Waals surface area contributed by atoms with Crippen molar-refractivity contribution >= 4 is 23.4 Å². The highest BCUT2D eigenvalue weighted by atomic mass is 35.5. The van der Waals surface area contributed by atoms with Crippen LogP contribution in [0.2, 0.25) is 5.15 Å². The molecule has 1 N–H and O–H groups in total. The summed E-state index contributed by atoms with van der Waals surface area (Å²) in [7, 11) is 0. The third kappa shape index (κ3) is 2.23. The van der Waals surface area contributed by atoms with Crippen LogP contribution in [0.5, 0.6) is 0 Å². The fourth-order valence-corrected chi connectivity index (χ4v) is 2.13. The van der Waals surface area contributed by atoms with Crippen LogP contribution in [0.4, 0.5) is 0 Å². The fraction of sp³-hybridized carbons (Fsp3) is 0.167. The number of hydrogen-bond acceptors (Lipinski definition) is 3. The molecule has 0 saturated heterocycles. The number of halogens is 1. The van der Waals surface area contributed by atoms with E-state index in [9.17, 15) is 9.59 Å². The van der Waals surface area contributed by atoms with Gasteiger partial charge in [-0.05, 0) is 37.4 Å². The van der Waals surface area contributed by atoms with Gasteiger partial charge in [0.25, 0.3) is 5.56 Å². The van der Waals surface area contributed by atoms with E-state index >= 15 is 0 Å². The number of benzene rings is 1. The minimum atomic E-state index is -0.535. The van der Waals surface area contributed by atoms with Crippen molar-refractivity contribution in [3.8, 4) is 5.69 Å². The average molecular weight is 283 g/mol. The van der Waals surface area contributed by atoms with Crippen LogP contribution >= 0.6 is 23.4 Å². The highest BCUT2D eigenvalue weighted by Crippen LogP contribution is 2.16. The first-order valence-corrected chi connectivity index (χ1v) is 6.80. The maximum absolute atomic E-state index is 12.0. The SMILES string of the molecule is CSc1ccc(-n2c(=O)[nH]c(Cl)c(C)c2=O)cc1.